The van der Waals surface area contributed by atoms with E-state index in [2.05, 4.69) is 26.1 Å². The van der Waals surface area contributed by atoms with E-state index >= 15 is 0 Å². The van der Waals surface area contributed by atoms with Crippen molar-refractivity contribution in [3.8, 4) is 0 Å². The molecular formula is C8H8BrN3O. The number of aromatic nitrogens is 3. The van der Waals surface area contributed by atoms with Crippen molar-refractivity contribution in [3.05, 3.63) is 28.6 Å². The molecule has 0 atom stereocenters. The number of pyridine rings is 1. The summed E-state index contributed by atoms with van der Waals surface area (Å²) in [5, 5.41) is 16.7. The number of halogens is 1. The third kappa shape index (κ3) is 1.45. The molecule has 0 unspecified atom stereocenters. The first kappa shape index (κ1) is 8.65. The fourth-order valence-corrected chi connectivity index (χ4v) is 1.62. The molecule has 2 rings (SSSR count). The van der Waals surface area contributed by atoms with Crippen molar-refractivity contribution in [1.29, 1.82) is 0 Å². The Balaban J connectivity index is 2.61. The van der Waals surface area contributed by atoms with Crippen LogP contribution >= 0.6 is 15.9 Å². The van der Waals surface area contributed by atoms with Gasteiger partial charge in [0.25, 0.3) is 0 Å². The van der Waals surface area contributed by atoms with Crippen LogP contribution in [-0.4, -0.2) is 26.3 Å². The van der Waals surface area contributed by atoms with E-state index in [0.717, 1.165) is 15.9 Å². The van der Waals surface area contributed by atoms with E-state index in [1.54, 1.807) is 0 Å². The molecule has 4 nitrogen and oxygen atoms in total. The second-order valence-corrected chi connectivity index (χ2v) is 3.49. The lowest BCUT2D eigenvalue weighted by atomic mass is 10.4. The highest BCUT2D eigenvalue weighted by molar-refractivity contribution is 9.10. The molecule has 0 amide bonds. The first-order valence-corrected chi connectivity index (χ1v) is 4.71. The summed E-state index contributed by atoms with van der Waals surface area (Å²) in [5.41, 5.74) is 0.783. The van der Waals surface area contributed by atoms with Crippen LogP contribution in [0, 0.1) is 0 Å². The van der Waals surface area contributed by atoms with Crippen LogP contribution < -0.4 is 0 Å². The molecule has 0 bridgehead atoms. The zero-order valence-electron chi connectivity index (χ0n) is 6.81. The average molecular weight is 242 g/mol. The highest BCUT2D eigenvalue weighted by Gasteiger charge is 2.05. The number of hydrogen-bond acceptors (Lipinski definition) is 3. The lowest BCUT2D eigenvalue weighted by Gasteiger charge is -1.97. The van der Waals surface area contributed by atoms with Gasteiger partial charge in [-0.1, -0.05) is 0 Å². The van der Waals surface area contributed by atoms with Crippen molar-refractivity contribution in [1.82, 2.24) is 14.6 Å². The third-order valence-electron chi connectivity index (χ3n) is 1.79. The van der Waals surface area contributed by atoms with Gasteiger partial charge in [-0.25, -0.2) is 0 Å². The molecule has 2 aromatic rings. The van der Waals surface area contributed by atoms with Crippen LogP contribution in [0.15, 0.2) is 22.8 Å². The van der Waals surface area contributed by atoms with Gasteiger partial charge in [0.05, 0.1) is 11.1 Å². The summed E-state index contributed by atoms with van der Waals surface area (Å²) < 4.78 is 2.77. The molecule has 2 heterocycles. The minimum Gasteiger partial charge on any atom is -0.396 e. The quantitative estimate of drug-likeness (QED) is 0.855. The van der Waals surface area contributed by atoms with Crippen LogP contribution in [0.3, 0.4) is 0 Å². The van der Waals surface area contributed by atoms with Gasteiger partial charge in [-0.05, 0) is 28.1 Å². The van der Waals surface area contributed by atoms with Crippen molar-refractivity contribution >= 4 is 21.6 Å². The topological polar surface area (TPSA) is 50.4 Å². The Morgan fingerprint density at radius 3 is 3.08 bits per heavy atom. The Morgan fingerprint density at radius 1 is 1.46 bits per heavy atom. The number of nitrogens with zero attached hydrogens (tertiary/aromatic N) is 3. The lowest BCUT2D eigenvalue weighted by Crippen LogP contribution is -1.97. The number of hydrogen-bond donors (Lipinski definition) is 1. The molecule has 0 aliphatic carbocycles. The van der Waals surface area contributed by atoms with E-state index in [1.165, 1.54) is 0 Å². The van der Waals surface area contributed by atoms with Gasteiger partial charge in [0.15, 0.2) is 5.65 Å². The van der Waals surface area contributed by atoms with Gasteiger partial charge in [-0.3, -0.25) is 4.40 Å². The zero-order chi connectivity index (χ0) is 9.26. The maximum Gasteiger partial charge on any atom is 0.175 e. The van der Waals surface area contributed by atoms with Gasteiger partial charge in [-0.2, -0.15) is 0 Å². The molecule has 2 aromatic heterocycles. The van der Waals surface area contributed by atoms with Gasteiger partial charge in [0.1, 0.15) is 5.82 Å². The fourth-order valence-electron chi connectivity index (χ4n) is 1.20. The molecular weight excluding hydrogens is 234 g/mol. The molecule has 13 heavy (non-hydrogen) atoms. The van der Waals surface area contributed by atoms with Gasteiger partial charge < -0.3 is 5.11 Å². The van der Waals surface area contributed by atoms with Crippen LogP contribution in [-0.2, 0) is 6.42 Å². The monoisotopic (exact) mass is 241 g/mol. The van der Waals surface area contributed by atoms with Crippen molar-refractivity contribution < 1.29 is 5.11 Å². The average Bonchev–Trinajstić information content (AvgIpc) is 2.51. The van der Waals surface area contributed by atoms with Gasteiger partial charge in [0.2, 0.25) is 0 Å². The molecule has 5 heteroatoms. The summed E-state index contributed by atoms with van der Waals surface area (Å²) in [4.78, 5) is 0. The Bertz CT molecular complexity index is 426. The highest BCUT2D eigenvalue weighted by Crippen LogP contribution is 2.15. The van der Waals surface area contributed by atoms with Crippen LogP contribution in [0.2, 0.25) is 0 Å². The van der Waals surface area contributed by atoms with Crippen molar-refractivity contribution in [2.75, 3.05) is 6.61 Å². The Labute approximate surface area is 83.3 Å². The first-order valence-electron chi connectivity index (χ1n) is 3.92. The molecule has 0 aromatic carbocycles. The predicted molar refractivity (Wildman–Crippen MR) is 51.5 cm³/mol. The van der Waals surface area contributed by atoms with Crippen LogP contribution in [0.5, 0.6) is 0 Å². The summed E-state index contributed by atoms with van der Waals surface area (Å²) in [7, 11) is 0. The predicted octanol–water partition coefficient (Wildman–Crippen LogP) is 1.03. The minimum absolute atomic E-state index is 0.0906. The number of aliphatic hydroxyl groups is 1. The third-order valence-corrected chi connectivity index (χ3v) is 2.41. The van der Waals surface area contributed by atoms with Gasteiger partial charge >= 0.3 is 0 Å². The molecule has 0 saturated carbocycles. The smallest absolute Gasteiger partial charge is 0.175 e. The number of aliphatic hydroxyl groups excluding tert-OH is 1. The zero-order valence-corrected chi connectivity index (χ0v) is 8.40. The molecule has 68 valence electrons. The van der Waals surface area contributed by atoms with Crippen molar-refractivity contribution in [2.24, 2.45) is 0 Å². The molecule has 0 aliphatic heterocycles. The Kier molecular flexibility index (Phi) is 2.28. The van der Waals surface area contributed by atoms with Gasteiger partial charge in [-0.15, -0.1) is 10.2 Å². The molecule has 1 N–H and O–H groups in total. The van der Waals surface area contributed by atoms with E-state index in [4.69, 9.17) is 5.11 Å². The second kappa shape index (κ2) is 3.43. The minimum atomic E-state index is 0.0906. The van der Waals surface area contributed by atoms with E-state index in [-0.39, 0.29) is 6.61 Å². The summed E-state index contributed by atoms with van der Waals surface area (Å²) in [6.45, 7) is 0.0906. The lowest BCUT2D eigenvalue weighted by molar-refractivity contribution is 0.296. The van der Waals surface area contributed by atoms with E-state index in [1.807, 2.05) is 22.7 Å². The molecule has 0 saturated heterocycles. The number of fused-ring (bicyclic) bond motifs is 1. The van der Waals surface area contributed by atoms with Crippen molar-refractivity contribution in [2.45, 2.75) is 6.42 Å². The second-order valence-electron chi connectivity index (χ2n) is 2.64. The normalized spacial score (nSPS) is 10.9. The molecule has 0 radical (unpaired) electrons. The van der Waals surface area contributed by atoms with E-state index in [0.29, 0.717) is 6.42 Å². The standard InChI is InChI=1S/C8H8BrN3O/c9-6-2-1-4-12-7(3-5-13)10-11-8(6)12/h1-2,4,13H,3,5H2. The molecule has 0 spiro atoms. The number of rotatable bonds is 2. The fraction of sp³-hybridized carbons (Fsp3) is 0.250. The summed E-state index contributed by atoms with van der Waals surface area (Å²) in [6.07, 6.45) is 2.41. The highest BCUT2D eigenvalue weighted by atomic mass is 79.9. The van der Waals surface area contributed by atoms with E-state index in [9.17, 15) is 0 Å². The first-order chi connectivity index (χ1) is 6.33. The maximum absolute atomic E-state index is 8.77. The summed E-state index contributed by atoms with van der Waals surface area (Å²) in [5.74, 6) is 0.777. The summed E-state index contributed by atoms with van der Waals surface area (Å²) >= 11 is 3.38. The SMILES string of the molecule is OCCc1nnc2c(Br)cccn12. The van der Waals surface area contributed by atoms with Crippen LogP contribution in [0.1, 0.15) is 5.82 Å². The molecule has 0 fully saturated rings. The Morgan fingerprint density at radius 2 is 2.31 bits per heavy atom. The van der Waals surface area contributed by atoms with Crippen LogP contribution in [0.4, 0.5) is 0 Å². The van der Waals surface area contributed by atoms with Gasteiger partial charge in [0, 0.05) is 12.6 Å². The maximum atomic E-state index is 8.77. The van der Waals surface area contributed by atoms with Crippen LogP contribution in [0.25, 0.3) is 5.65 Å². The van der Waals surface area contributed by atoms with Crippen molar-refractivity contribution in [3.63, 3.8) is 0 Å². The molecule has 0 aliphatic rings. The Hall–Kier alpha value is -0.940. The summed E-state index contributed by atoms with van der Waals surface area (Å²) in [6, 6.07) is 3.81. The van der Waals surface area contributed by atoms with E-state index < -0.39 is 0 Å². The largest absolute Gasteiger partial charge is 0.396 e.